The van der Waals surface area contributed by atoms with Crippen molar-refractivity contribution in [2.75, 3.05) is 5.32 Å². The van der Waals surface area contributed by atoms with Gasteiger partial charge in [-0.15, -0.1) is 11.3 Å². The molecule has 3 aromatic rings. The van der Waals surface area contributed by atoms with Crippen LogP contribution in [0.5, 0.6) is 0 Å². The lowest BCUT2D eigenvalue weighted by Crippen LogP contribution is -2.43. The quantitative estimate of drug-likeness (QED) is 0.625. The average molecular weight is 396 g/mol. The van der Waals surface area contributed by atoms with Crippen LogP contribution in [0, 0.1) is 5.82 Å². The summed E-state index contributed by atoms with van der Waals surface area (Å²) in [6.45, 7) is 0.184. The molecule has 0 bridgehead atoms. The van der Waals surface area contributed by atoms with E-state index in [2.05, 4.69) is 15.6 Å². The van der Waals surface area contributed by atoms with Crippen LogP contribution in [-0.2, 0) is 6.54 Å². The van der Waals surface area contributed by atoms with Crippen molar-refractivity contribution in [1.29, 1.82) is 0 Å². The van der Waals surface area contributed by atoms with Crippen LogP contribution in [0.4, 0.5) is 10.2 Å². The van der Waals surface area contributed by atoms with Crippen LogP contribution in [0.1, 0.15) is 41.6 Å². The number of halogens is 1. The molecular formula is C21H21FN4OS. The van der Waals surface area contributed by atoms with Crippen molar-refractivity contribution in [1.82, 2.24) is 10.3 Å². The number of hydrogen-bond donors (Lipinski definition) is 3. The number of pyridine rings is 1. The van der Waals surface area contributed by atoms with Crippen LogP contribution >= 0.6 is 11.3 Å². The lowest BCUT2D eigenvalue weighted by atomic mass is 9.91. The lowest BCUT2D eigenvalue weighted by Gasteiger charge is -2.30. The number of carbonyl (C=O) groups excluding carboxylic acids is 1. The first-order chi connectivity index (χ1) is 13.6. The number of anilines is 1. The van der Waals surface area contributed by atoms with Crippen molar-refractivity contribution in [3.63, 3.8) is 0 Å². The van der Waals surface area contributed by atoms with Gasteiger partial charge in [0.2, 0.25) is 0 Å². The molecule has 7 heteroatoms. The van der Waals surface area contributed by atoms with Gasteiger partial charge in [0.25, 0.3) is 5.91 Å². The fraction of sp³-hybridized carbons (Fsp3) is 0.333. The molecule has 1 saturated carbocycles. The molecule has 3 heterocycles. The molecule has 4 N–H and O–H groups in total. The fourth-order valence-electron chi connectivity index (χ4n) is 4.25. The minimum absolute atomic E-state index is 0.00840. The van der Waals surface area contributed by atoms with Crippen LogP contribution < -0.4 is 16.4 Å². The highest BCUT2D eigenvalue weighted by Crippen LogP contribution is 2.39. The van der Waals surface area contributed by atoms with E-state index in [-0.39, 0.29) is 30.4 Å². The Morgan fingerprint density at radius 1 is 1.25 bits per heavy atom. The third-order valence-electron chi connectivity index (χ3n) is 5.77. The molecule has 0 spiro atoms. The molecule has 5 nitrogen and oxygen atoms in total. The normalized spacial score (nSPS) is 21.6. The molecule has 2 aromatic heterocycles. The van der Waals surface area contributed by atoms with Gasteiger partial charge >= 0.3 is 0 Å². The number of nitrogens with one attached hydrogen (secondary N) is 2. The number of fused-ring (bicyclic) bond motifs is 2. The maximum Gasteiger partial charge on any atom is 0.254 e. The molecular weight excluding hydrogens is 375 g/mol. The number of nitrogens with zero attached hydrogens (tertiary/aromatic N) is 1. The summed E-state index contributed by atoms with van der Waals surface area (Å²) < 4.78 is 16.3. The van der Waals surface area contributed by atoms with Gasteiger partial charge in [-0.3, -0.25) is 4.79 Å². The zero-order chi connectivity index (χ0) is 19.3. The van der Waals surface area contributed by atoms with E-state index in [0.717, 1.165) is 41.3 Å². The molecule has 1 fully saturated rings. The van der Waals surface area contributed by atoms with Gasteiger partial charge in [-0.25, -0.2) is 9.37 Å². The second-order valence-electron chi connectivity index (χ2n) is 7.50. The van der Waals surface area contributed by atoms with Crippen LogP contribution in [0.15, 0.2) is 29.6 Å². The monoisotopic (exact) mass is 396 g/mol. The number of nitrogens with two attached hydrogens (primary N) is 1. The summed E-state index contributed by atoms with van der Waals surface area (Å²) in [5.74, 6) is -0.523. The van der Waals surface area contributed by atoms with Crippen LogP contribution in [-0.4, -0.2) is 23.0 Å². The van der Waals surface area contributed by atoms with Gasteiger partial charge in [-0.1, -0.05) is 31.0 Å². The molecule has 1 amide bonds. The molecule has 1 aromatic carbocycles. The third kappa shape index (κ3) is 2.77. The smallest absolute Gasteiger partial charge is 0.254 e. The maximum atomic E-state index is 15.2. The second-order valence-corrected chi connectivity index (χ2v) is 8.42. The Bertz CT molecular complexity index is 1080. The van der Waals surface area contributed by atoms with Gasteiger partial charge in [0.15, 0.2) is 11.6 Å². The lowest BCUT2D eigenvalue weighted by molar-refractivity contribution is 0.0966. The first kappa shape index (κ1) is 17.6. The number of carbonyl (C=O) groups is 1. The molecule has 5 rings (SSSR count). The summed E-state index contributed by atoms with van der Waals surface area (Å²) in [5.41, 5.74) is 8.38. The Labute approximate surface area is 166 Å². The van der Waals surface area contributed by atoms with Crippen molar-refractivity contribution >= 4 is 33.1 Å². The van der Waals surface area contributed by atoms with E-state index in [0.29, 0.717) is 16.8 Å². The first-order valence-corrected chi connectivity index (χ1v) is 10.5. The number of amides is 1. The van der Waals surface area contributed by atoms with Gasteiger partial charge in [-0.05, 0) is 18.9 Å². The Morgan fingerprint density at radius 3 is 2.93 bits per heavy atom. The number of benzene rings is 1. The van der Waals surface area contributed by atoms with Gasteiger partial charge in [0.05, 0.1) is 11.3 Å². The number of hydrogen-bond acceptors (Lipinski definition) is 5. The van der Waals surface area contributed by atoms with Gasteiger partial charge in [0.1, 0.15) is 0 Å². The molecule has 2 aliphatic rings. The predicted octanol–water partition coefficient (Wildman–Crippen LogP) is 4.03. The van der Waals surface area contributed by atoms with E-state index in [1.54, 1.807) is 11.3 Å². The zero-order valence-corrected chi connectivity index (χ0v) is 16.1. The van der Waals surface area contributed by atoms with E-state index >= 15 is 4.39 Å². The van der Waals surface area contributed by atoms with E-state index in [4.69, 9.17) is 5.73 Å². The summed E-state index contributed by atoms with van der Waals surface area (Å²) in [6.07, 6.45) is 3.99. The predicted molar refractivity (Wildman–Crippen MR) is 110 cm³/mol. The highest BCUT2D eigenvalue weighted by Gasteiger charge is 2.32. The topological polar surface area (TPSA) is 80.0 Å². The van der Waals surface area contributed by atoms with Crippen LogP contribution in [0.25, 0.3) is 21.3 Å². The number of thiophene rings is 1. The Hall–Kier alpha value is -2.51. The van der Waals surface area contributed by atoms with Crippen molar-refractivity contribution < 1.29 is 9.18 Å². The molecule has 0 unspecified atom stereocenters. The molecule has 0 saturated heterocycles. The van der Waals surface area contributed by atoms with Crippen molar-refractivity contribution in [3.8, 4) is 11.3 Å². The van der Waals surface area contributed by atoms with E-state index in [9.17, 15) is 4.79 Å². The molecule has 0 radical (unpaired) electrons. The standard InChI is InChI=1S/C21H21FN4OS/c22-18-12-9-24-21(27)17(12)19(13-10-28-16-8-4-1-5-11(13)16)26-20(18)25-15-7-3-2-6-14(15)23/h1,4-5,8,10,14-15H,2-3,6-7,9,23H2,(H,24,27)(H,25,26)/t14-,15+/m0/s1. The average Bonchev–Trinajstić information content (AvgIpc) is 3.30. The number of rotatable bonds is 3. The summed E-state index contributed by atoms with van der Waals surface area (Å²) in [6, 6.07) is 7.96. The van der Waals surface area contributed by atoms with E-state index in [1.165, 1.54) is 0 Å². The Kier molecular flexibility index (Phi) is 4.29. The van der Waals surface area contributed by atoms with Crippen molar-refractivity contribution in [2.24, 2.45) is 5.73 Å². The molecule has 2 atom stereocenters. The highest BCUT2D eigenvalue weighted by atomic mass is 32.1. The van der Waals surface area contributed by atoms with Gasteiger partial charge in [-0.2, -0.15) is 0 Å². The van der Waals surface area contributed by atoms with Crippen LogP contribution in [0.3, 0.4) is 0 Å². The summed E-state index contributed by atoms with van der Waals surface area (Å²) in [4.78, 5) is 17.1. The Morgan fingerprint density at radius 2 is 2.07 bits per heavy atom. The zero-order valence-electron chi connectivity index (χ0n) is 15.3. The maximum absolute atomic E-state index is 15.2. The molecule has 144 valence electrons. The number of aromatic nitrogens is 1. The highest BCUT2D eigenvalue weighted by molar-refractivity contribution is 7.17. The minimum Gasteiger partial charge on any atom is -0.363 e. The fourth-order valence-corrected chi connectivity index (χ4v) is 5.19. The van der Waals surface area contributed by atoms with Gasteiger partial charge < -0.3 is 16.4 Å². The van der Waals surface area contributed by atoms with Crippen LogP contribution in [0.2, 0.25) is 0 Å². The van der Waals surface area contributed by atoms with Crippen molar-refractivity contribution in [3.05, 3.63) is 46.6 Å². The molecule has 1 aliphatic carbocycles. The Balaban J connectivity index is 1.66. The largest absolute Gasteiger partial charge is 0.363 e. The third-order valence-corrected chi connectivity index (χ3v) is 6.73. The van der Waals surface area contributed by atoms with Crippen molar-refractivity contribution in [2.45, 2.75) is 44.3 Å². The minimum atomic E-state index is -0.450. The first-order valence-electron chi connectivity index (χ1n) is 9.63. The summed E-state index contributed by atoms with van der Waals surface area (Å²) in [7, 11) is 0. The SMILES string of the molecule is N[C@H]1CCCC[C@H]1Nc1nc(-c2csc3ccccc23)c2c(c1F)CNC2=O. The van der Waals surface area contributed by atoms with E-state index in [1.807, 2.05) is 29.6 Å². The summed E-state index contributed by atoms with van der Waals surface area (Å²) in [5, 5.41) is 9.01. The summed E-state index contributed by atoms with van der Waals surface area (Å²) >= 11 is 1.60. The molecule has 28 heavy (non-hydrogen) atoms. The second kappa shape index (κ2) is 6.83. The van der Waals surface area contributed by atoms with E-state index < -0.39 is 5.82 Å². The van der Waals surface area contributed by atoms with Gasteiger partial charge in [0, 0.05) is 45.2 Å². The molecule has 1 aliphatic heterocycles.